The molecule has 0 amide bonds. The first-order chi connectivity index (χ1) is 10.6. The van der Waals surface area contributed by atoms with Crippen LogP contribution in [0.1, 0.15) is 51.4 Å². The maximum Gasteiger partial charge on any atom is 0.149 e. The summed E-state index contributed by atoms with van der Waals surface area (Å²) < 4.78 is 1.21. The molecule has 0 saturated heterocycles. The van der Waals surface area contributed by atoms with Gasteiger partial charge in [-0.05, 0) is 61.8 Å². The second-order valence-electron chi connectivity index (χ2n) is 5.90. The van der Waals surface area contributed by atoms with Gasteiger partial charge in [-0.3, -0.25) is 4.79 Å². The van der Waals surface area contributed by atoms with Crippen molar-refractivity contribution >= 4 is 28.4 Å². The molecular formula is C18H33IN2O. The fourth-order valence-electron chi connectivity index (χ4n) is 2.80. The number of nitrogens with two attached hydrogens (primary N) is 2. The summed E-state index contributed by atoms with van der Waals surface area (Å²) in [6.45, 7) is 8.85. The number of Topliss-reactive ketones (excluding diaryl/α,β-unsaturated/α-hetero) is 1. The molecule has 4 N–H and O–H groups in total. The molecule has 4 heteroatoms. The van der Waals surface area contributed by atoms with Crippen molar-refractivity contribution in [2.75, 3.05) is 17.5 Å². The number of ketones is 1. The molecule has 0 rings (SSSR count). The number of allylic oxidation sites excluding steroid dienone is 2. The molecule has 0 radical (unpaired) electrons. The Kier molecular flexibility index (Phi) is 14.3. The zero-order valence-electron chi connectivity index (χ0n) is 13.9. The van der Waals surface area contributed by atoms with Gasteiger partial charge in [-0.1, -0.05) is 47.2 Å². The summed E-state index contributed by atoms with van der Waals surface area (Å²) in [4.78, 5) is 11.8. The highest BCUT2D eigenvalue weighted by Crippen LogP contribution is 2.26. The van der Waals surface area contributed by atoms with Gasteiger partial charge >= 0.3 is 0 Å². The van der Waals surface area contributed by atoms with Gasteiger partial charge in [0, 0.05) is 5.92 Å². The van der Waals surface area contributed by atoms with Crippen LogP contribution in [0.25, 0.3) is 0 Å². The van der Waals surface area contributed by atoms with Gasteiger partial charge in [0.2, 0.25) is 0 Å². The molecule has 3 nitrogen and oxygen atoms in total. The zero-order valence-corrected chi connectivity index (χ0v) is 16.0. The highest BCUT2D eigenvalue weighted by Gasteiger charge is 2.16. The summed E-state index contributed by atoms with van der Waals surface area (Å²) in [5.74, 6) is 0.712. The minimum Gasteiger partial charge on any atom is -0.330 e. The van der Waals surface area contributed by atoms with Crippen LogP contribution in [0.15, 0.2) is 24.8 Å². The average molecular weight is 420 g/mol. The summed E-state index contributed by atoms with van der Waals surface area (Å²) >= 11 is 2.42. The molecule has 0 aromatic carbocycles. The van der Waals surface area contributed by atoms with Gasteiger partial charge < -0.3 is 11.5 Å². The lowest BCUT2D eigenvalue weighted by atomic mass is 9.86. The monoisotopic (exact) mass is 420 g/mol. The first-order valence-electron chi connectivity index (χ1n) is 8.38. The van der Waals surface area contributed by atoms with E-state index in [1.807, 2.05) is 6.08 Å². The Balaban J connectivity index is 4.24. The molecule has 0 saturated carbocycles. The molecule has 22 heavy (non-hydrogen) atoms. The number of carbonyl (C=O) groups excluding carboxylic acids is 1. The van der Waals surface area contributed by atoms with Crippen molar-refractivity contribution in [1.82, 2.24) is 0 Å². The van der Waals surface area contributed by atoms with Gasteiger partial charge in [0.1, 0.15) is 5.78 Å². The second-order valence-corrected chi connectivity index (χ2v) is 6.98. The van der Waals surface area contributed by atoms with Gasteiger partial charge in [-0.15, -0.1) is 6.58 Å². The summed E-state index contributed by atoms with van der Waals surface area (Å²) in [5.41, 5.74) is 12.5. The number of hydrogen-bond acceptors (Lipinski definition) is 3. The zero-order chi connectivity index (χ0) is 16.8. The van der Waals surface area contributed by atoms with Crippen molar-refractivity contribution in [3.05, 3.63) is 24.8 Å². The lowest BCUT2D eigenvalue weighted by molar-refractivity contribution is -0.121. The Morgan fingerprint density at radius 3 is 2.32 bits per heavy atom. The van der Waals surface area contributed by atoms with Crippen molar-refractivity contribution in [2.45, 2.75) is 51.4 Å². The number of alkyl halides is 1. The number of rotatable bonds is 15. The Hall–Kier alpha value is -0.200. The third-order valence-electron chi connectivity index (χ3n) is 4.19. The number of hydrogen-bond donors (Lipinski definition) is 2. The Bertz CT molecular complexity index is 331. The largest absolute Gasteiger partial charge is 0.330 e. The SMILES string of the molecule is C=CCC(CCCC(=C)C(CCN)CCCCI)C(=O)CN. The van der Waals surface area contributed by atoms with Crippen LogP contribution in [-0.2, 0) is 4.79 Å². The van der Waals surface area contributed by atoms with Gasteiger partial charge in [0.25, 0.3) is 0 Å². The van der Waals surface area contributed by atoms with Gasteiger partial charge in [-0.25, -0.2) is 0 Å². The van der Waals surface area contributed by atoms with E-state index in [1.54, 1.807) is 0 Å². The molecule has 0 heterocycles. The predicted octanol–water partition coefficient (Wildman–Crippen LogP) is 4.00. The standard InChI is InChI=1S/C18H33IN2O/c1-3-7-17(18(22)14-21)10-6-8-15(2)16(11-13-20)9-4-5-12-19/h3,16-17H,1-2,4-14,20-21H2. The molecule has 0 aliphatic carbocycles. The molecule has 0 fully saturated rings. The number of halogens is 1. The summed E-state index contributed by atoms with van der Waals surface area (Å²) in [6.07, 6.45) is 10.1. The van der Waals surface area contributed by atoms with E-state index in [-0.39, 0.29) is 18.2 Å². The highest BCUT2D eigenvalue weighted by molar-refractivity contribution is 14.1. The van der Waals surface area contributed by atoms with E-state index in [4.69, 9.17) is 11.5 Å². The van der Waals surface area contributed by atoms with Crippen LogP contribution in [0.4, 0.5) is 0 Å². The molecule has 0 aromatic heterocycles. The van der Waals surface area contributed by atoms with E-state index in [9.17, 15) is 4.79 Å². The maximum absolute atomic E-state index is 11.8. The van der Waals surface area contributed by atoms with Crippen LogP contribution in [0.2, 0.25) is 0 Å². The van der Waals surface area contributed by atoms with E-state index in [1.165, 1.54) is 29.3 Å². The van der Waals surface area contributed by atoms with Crippen molar-refractivity contribution in [1.29, 1.82) is 0 Å². The summed E-state index contributed by atoms with van der Waals surface area (Å²) in [6, 6.07) is 0. The lowest BCUT2D eigenvalue weighted by Crippen LogP contribution is -2.23. The predicted molar refractivity (Wildman–Crippen MR) is 105 cm³/mol. The second kappa shape index (κ2) is 14.4. The van der Waals surface area contributed by atoms with E-state index in [2.05, 4.69) is 35.7 Å². The van der Waals surface area contributed by atoms with Crippen molar-refractivity contribution in [3.63, 3.8) is 0 Å². The van der Waals surface area contributed by atoms with Gasteiger partial charge in [-0.2, -0.15) is 0 Å². The minimum absolute atomic E-state index is 0.0299. The quantitative estimate of drug-likeness (QED) is 0.182. The summed E-state index contributed by atoms with van der Waals surface area (Å²) in [7, 11) is 0. The van der Waals surface area contributed by atoms with Crippen molar-refractivity contribution < 1.29 is 4.79 Å². The van der Waals surface area contributed by atoms with E-state index < -0.39 is 0 Å². The fourth-order valence-corrected chi connectivity index (χ4v) is 3.34. The van der Waals surface area contributed by atoms with Crippen LogP contribution in [-0.4, -0.2) is 23.3 Å². The molecule has 0 spiro atoms. The Morgan fingerprint density at radius 2 is 1.77 bits per heavy atom. The van der Waals surface area contributed by atoms with Crippen molar-refractivity contribution in [3.8, 4) is 0 Å². The molecule has 0 aromatic rings. The Morgan fingerprint density at radius 1 is 1.09 bits per heavy atom. The normalized spacial score (nSPS) is 13.6. The van der Waals surface area contributed by atoms with Crippen molar-refractivity contribution in [2.24, 2.45) is 23.3 Å². The van der Waals surface area contributed by atoms with Crippen LogP contribution in [0, 0.1) is 11.8 Å². The van der Waals surface area contributed by atoms with E-state index >= 15 is 0 Å². The molecule has 2 atom stereocenters. The molecular weight excluding hydrogens is 387 g/mol. The Labute approximate surface area is 150 Å². The summed E-state index contributed by atoms with van der Waals surface area (Å²) in [5, 5.41) is 0. The van der Waals surface area contributed by atoms with E-state index in [0.717, 1.165) is 38.6 Å². The van der Waals surface area contributed by atoms with Crippen LogP contribution in [0.5, 0.6) is 0 Å². The molecule has 0 aliphatic rings. The molecule has 0 aliphatic heterocycles. The third-order valence-corrected chi connectivity index (χ3v) is 4.95. The fraction of sp³-hybridized carbons (Fsp3) is 0.722. The average Bonchev–Trinajstić information content (AvgIpc) is 2.52. The maximum atomic E-state index is 11.8. The first kappa shape index (κ1) is 21.8. The van der Waals surface area contributed by atoms with Crippen LogP contribution < -0.4 is 11.5 Å². The first-order valence-corrected chi connectivity index (χ1v) is 9.90. The molecule has 2 unspecified atom stereocenters. The van der Waals surface area contributed by atoms with Crippen LogP contribution in [0.3, 0.4) is 0 Å². The van der Waals surface area contributed by atoms with E-state index in [0.29, 0.717) is 5.92 Å². The lowest BCUT2D eigenvalue weighted by Gasteiger charge is -2.20. The highest BCUT2D eigenvalue weighted by atomic mass is 127. The topological polar surface area (TPSA) is 69.1 Å². The third kappa shape index (κ3) is 9.74. The molecule has 128 valence electrons. The number of unbranched alkanes of at least 4 members (excludes halogenated alkanes) is 1. The smallest absolute Gasteiger partial charge is 0.149 e. The number of carbonyl (C=O) groups is 1. The minimum atomic E-state index is 0.0299. The van der Waals surface area contributed by atoms with Gasteiger partial charge in [0.15, 0.2) is 0 Å². The van der Waals surface area contributed by atoms with Crippen LogP contribution >= 0.6 is 22.6 Å². The van der Waals surface area contributed by atoms with Gasteiger partial charge in [0.05, 0.1) is 6.54 Å². The molecule has 0 bridgehead atoms.